The van der Waals surface area contributed by atoms with Crippen LogP contribution in [0.1, 0.15) is 31.2 Å². The van der Waals surface area contributed by atoms with Crippen molar-refractivity contribution in [2.45, 2.75) is 32.6 Å². The van der Waals surface area contributed by atoms with E-state index in [2.05, 4.69) is 29.7 Å². The normalized spacial score (nSPS) is 15.0. The average Bonchev–Trinajstić information content (AvgIpc) is 2.53. The topological polar surface area (TPSA) is 50.4 Å². The van der Waals surface area contributed by atoms with Gasteiger partial charge in [0.2, 0.25) is 5.91 Å². The molecule has 0 saturated carbocycles. The molecule has 0 aliphatic carbocycles. The van der Waals surface area contributed by atoms with Crippen LogP contribution in [0, 0.1) is 12.8 Å². The number of ether oxygens (including phenoxy) is 1. The van der Waals surface area contributed by atoms with Gasteiger partial charge in [0, 0.05) is 12.5 Å². The van der Waals surface area contributed by atoms with Crippen LogP contribution >= 0.6 is 12.4 Å². The first-order valence-corrected chi connectivity index (χ1v) is 7.93. The number of hydrogen-bond acceptors (Lipinski definition) is 3. The van der Waals surface area contributed by atoms with Crippen LogP contribution in [0.3, 0.4) is 0 Å². The minimum absolute atomic E-state index is 0. The van der Waals surface area contributed by atoms with Gasteiger partial charge in [0.05, 0.1) is 6.61 Å². The molecule has 1 saturated heterocycles. The Hall–Kier alpha value is -1.26. The maximum atomic E-state index is 11.9. The molecule has 0 unspecified atom stereocenters. The van der Waals surface area contributed by atoms with E-state index in [9.17, 15) is 4.79 Å². The van der Waals surface area contributed by atoms with Gasteiger partial charge in [0.1, 0.15) is 5.75 Å². The lowest BCUT2D eigenvalue weighted by atomic mass is 9.97. The standard InChI is InChI=1S/C17H26N2O2.ClH/c1-14-4-6-16(7-5-14)21-13-3-2-10-19-17(20)15-8-11-18-12-9-15;/h4-7,15,18H,2-3,8-13H2,1H3,(H,19,20);1H. The van der Waals surface area contributed by atoms with Gasteiger partial charge in [-0.3, -0.25) is 4.79 Å². The molecule has 4 nitrogen and oxygen atoms in total. The van der Waals surface area contributed by atoms with E-state index in [1.165, 1.54) is 5.56 Å². The van der Waals surface area contributed by atoms with Crippen LogP contribution in [0.4, 0.5) is 0 Å². The fourth-order valence-electron chi connectivity index (χ4n) is 2.49. The van der Waals surface area contributed by atoms with Gasteiger partial charge in [-0.25, -0.2) is 0 Å². The van der Waals surface area contributed by atoms with Gasteiger partial charge < -0.3 is 15.4 Å². The Kier molecular flexibility index (Phi) is 8.94. The number of piperidine rings is 1. The van der Waals surface area contributed by atoms with Gasteiger partial charge in [0.25, 0.3) is 0 Å². The SMILES string of the molecule is Cc1ccc(OCCCCNC(=O)C2CCNCC2)cc1.Cl. The van der Waals surface area contributed by atoms with Crippen molar-refractivity contribution >= 4 is 18.3 Å². The minimum atomic E-state index is 0. The van der Waals surface area contributed by atoms with Crippen molar-refractivity contribution in [3.63, 3.8) is 0 Å². The van der Waals surface area contributed by atoms with Gasteiger partial charge in [-0.1, -0.05) is 17.7 Å². The molecule has 0 spiro atoms. The molecule has 22 heavy (non-hydrogen) atoms. The lowest BCUT2D eigenvalue weighted by Crippen LogP contribution is -2.38. The van der Waals surface area contributed by atoms with Crippen LogP contribution in [-0.2, 0) is 4.79 Å². The summed E-state index contributed by atoms with van der Waals surface area (Å²) in [5.41, 5.74) is 1.24. The number of amides is 1. The Morgan fingerprint density at radius 3 is 2.59 bits per heavy atom. The highest BCUT2D eigenvalue weighted by Gasteiger charge is 2.19. The lowest BCUT2D eigenvalue weighted by molar-refractivity contribution is -0.125. The number of hydrogen-bond donors (Lipinski definition) is 2. The average molecular weight is 327 g/mol. The van der Waals surface area contributed by atoms with E-state index >= 15 is 0 Å². The van der Waals surface area contributed by atoms with E-state index < -0.39 is 0 Å². The van der Waals surface area contributed by atoms with Crippen LogP contribution < -0.4 is 15.4 Å². The molecule has 1 aromatic rings. The molecule has 1 amide bonds. The van der Waals surface area contributed by atoms with Crippen LogP contribution in [0.5, 0.6) is 5.75 Å². The first-order chi connectivity index (χ1) is 10.3. The van der Waals surface area contributed by atoms with Crippen molar-refractivity contribution in [1.82, 2.24) is 10.6 Å². The van der Waals surface area contributed by atoms with Gasteiger partial charge >= 0.3 is 0 Å². The van der Waals surface area contributed by atoms with E-state index in [4.69, 9.17) is 4.74 Å². The first-order valence-electron chi connectivity index (χ1n) is 7.93. The van der Waals surface area contributed by atoms with Crippen LogP contribution in [0.15, 0.2) is 24.3 Å². The van der Waals surface area contributed by atoms with E-state index in [0.717, 1.165) is 51.1 Å². The van der Waals surface area contributed by atoms with Crippen molar-refractivity contribution < 1.29 is 9.53 Å². The molecular formula is C17H27ClN2O2. The van der Waals surface area contributed by atoms with E-state index in [1.807, 2.05) is 12.1 Å². The van der Waals surface area contributed by atoms with Crippen LogP contribution in [0.25, 0.3) is 0 Å². The second kappa shape index (κ2) is 10.5. The summed E-state index contributed by atoms with van der Waals surface area (Å²) >= 11 is 0. The van der Waals surface area contributed by atoms with Crippen molar-refractivity contribution in [2.24, 2.45) is 5.92 Å². The summed E-state index contributed by atoms with van der Waals surface area (Å²) in [4.78, 5) is 11.9. The molecule has 0 radical (unpaired) electrons. The zero-order valence-electron chi connectivity index (χ0n) is 13.3. The Labute approximate surface area is 139 Å². The highest BCUT2D eigenvalue weighted by atomic mass is 35.5. The zero-order valence-corrected chi connectivity index (χ0v) is 14.1. The maximum Gasteiger partial charge on any atom is 0.223 e. The molecule has 2 N–H and O–H groups in total. The van der Waals surface area contributed by atoms with E-state index in [-0.39, 0.29) is 24.2 Å². The molecule has 1 aromatic carbocycles. The smallest absolute Gasteiger partial charge is 0.223 e. The predicted octanol–water partition coefficient (Wildman–Crippen LogP) is 2.69. The number of rotatable bonds is 7. The summed E-state index contributed by atoms with van der Waals surface area (Å²) in [5, 5.41) is 6.31. The molecule has 1 aliphatic heterocycles. The molecule has 1 heterocycles. The molecule has 1 aliphatic rings. The van der Waals surface area contributed by atoms with Gasteiger partial charge in [-0.2, -0.15) is 0 Å². The van der Waals surface area contributed by atoms with Crippen LogP contribution in [0.2, 0.25) is 0 Å². The molecule has 1 fully saturated rings. The van der Waals surface area contributed by atoms with Crippen molar-refractivity contribution in [3.8, 4) is 5.75 Å². The first kappa shape index (κ1) is 18.8. The van der Waals surface area contributed by atoms with Crippen LogP contribution in [-0.4, -0.2) is 32.1 Å². The summed E-state index contributed by atoms with van der Waals surface area (Å²) in [6.45, 7) is 5.44. The second-order valence-electron chi connectivity index (χ2n) is 5.68. The number of carbonyl (C=O) groups is 1. The highest BCUT2D eigenvalue weighted by Crippen LogP contribution is 2.12. The molecular weight excluding hydrogens is 300 g/mol. The van der Waals surface area contributed by atoms with Gasteiger partial charge in [-0.05, 0) is 57.8 Å². The number of carbonyl (C=O) groups excluding carboxylic acids is 1. The summed E-state index contributed by atoms with van der Waals surface area (Å²) in [6, 6.07) is 8.09. The Morgan fingerprint density at radius 2 is 1.91 bits per heavy atom. The summed E-state index contributed by atoms with van der Waals surface area (Å²) < 4.78 is 5.66. The fraction of sp³-hybridized carbons (Fsp3) is 0.588. The monoisotopic (exact) mass is 326 g/mol. The third kappa shape index (κ3) is 6.67. The number of halogens is 1. The Bertz CT molecular complexity index is 431. The van der Waals surface area contributed by atoms with Crippen molar-refractivity contribution in [2.75, 3.05) is 26.2 Å². The fourth-order valence-corrected chi connectivity index (χ4v) is 2.49. The predicted molar refractivity (Wildman–Crippen MR) is 91.8 cm³/mol. The van der Waals surface area contributed by atoms with Crippen molar-refractivity contribution in [1.29, 1.82) is 0 Å². The number of benzene rings is 1. The summed E-state index contributed by atoms with van der Waals surface area (Å²) in [7, 11) is 0. The molecule has 2 rings (SSSR count). The molecule has 0 bridgehead atoms. The Balaban J connectivity index is 0.00000242. The summed E-state index contributed by atoms with van der Waals surface area (Å²) in [6.07, 6.45) is 3.84. The molecule has 5 heteroatoms. The molecule has 0 aromatic heterocycles. The van der Waals surface area contributed by atoms with E-state index in [0.29, 0.717) is 6.61 Å². The second-order valence-corrected chi connectivity index (χ2v) is 5.68. The summed E-state index contributed by atoms with van der Waals surface area (Å²) in [5.74, 6) is 1.34. The number of aryl methyl sites for hydroxylation is 1. The zero-order chi connectivity index (χ0) is 14.9. The Morgan fingerprint density at radius 1 is 1.23 bits per heavy atom. The number of unbranched alkanes of at least 4 members (excludes halogenated alkanes) is 1. The van der Waals surface area contributed by atoms with Crippen molar-refractivity contribution in [3.05, 3.63) is 29.8 Å². The van der Waals surface area contributed by atoms with E-state index in [1.54, 1.807) is 0 Å². The largest absolute Gasteiger partial charge is 0.494 e. The van der Waals surface area contributed by atoms with Gasteiger partial charge in [0.15, 0.2) is 0 Å². The third-order valence-electron chi connectivity index (χ3n) is 3.87. The lowest BCUT2D eigenvalue weighted by Gasteiger charge is -2.21. The molecule has 124 valence electrons. The highest BCUT2D eigenvalue weighted by molar-refractivity contribution is 5.85. The quantitative estimate of drug-likeness (QED) is 0.757. The third-order valence-corrected chi connectivity index (χ3v) is 3.87. The molecule has 0 atom stereocenters. The minimum Gasteiger partial charge on any atom is -0.494 e. The number of nitrogens with one attached hydrogen (secondary N) is 2. The maximum absolute atomic E-state index is 11.9. The van der Waals surface area contributed by atoms with Gasteiger partial charge in [-0.15, -0.1) is 12.4 Å².